The maximum Gasteiger partial charge on any atom is 0.337 e. The molecule has 0 aliphatic carbocycles. The van der Waals surface area contributed by atoms with Crippen LogP contribution < -0.4 is 5.32 Å². The van der Waals surface area contributed by atoms with Crippen LogP contribution in [0, 0.1) is 0 Å². The monoisotopic (exact) mass is 203 g/mol. The smallest absolute Gasteiger partial charge is 0.337 e. The highest BCUT2D eigenvalue weighted by Gasteiger charge is 2.09. The van der Waals surface area contributed by atoms with E-state index in [1.165, 1.54) is 6.07 Å². The van der Waals surface area contributed by atoms with Crippen molar-refractivity contribution in [3.63, 3.8) is 0 Å². The Balaban J connectivity index is 2.76. The number of hydrogen-bond donors (Lipinski definition) is 2. The van der Waals surface area contributed by atoms with Crippen LogP contribution in [0.5, 0.6) is 0 Å². The van der Waals surface area contributed by atoms with Crippen molar-refractivity contribution in [2.45, 2.75) is 0 Å². The summed E-state index contributed by atoms with van der Waals surface area (Å²) in [6.07, 6.45) is 1.60. The number of carbonyl (C=O) groups is 1. The van der Waals surface area contributed by atoms with E-state index in [-0.39, 0.29) is 5.56 Å². The van der Waals surface area contributed by atoms with E-state index in [1.807, 2.05) is 0 Å². The fraction of sp³-hybridized carbons (Fsp3) is 0.100. The number of nitrogens with one attached hydrogen (secondary N) is 1. The maximum absolute atomic E-state index is 10.9. The first-order valence-electron chi connectivity index (χ1n) is 4.39. The molecular formula is C10H9N3O2. The van der Waals surface area contributed by atoms with Crippen molar-refractivity contribution in [3.05, 3.63) is 30.0 Å². The Morgan fingerprint density at radius 3 is 2.93 bits per heavy atom. The first-order valence-corrected chi connectivity index (χ1v) is 4.39. The molecule has 5 nitrogen and oxygen atoms in total. The van der Waals surface area contributed by atoms with Crippen molar-refractivity contribution in [3.8, 4) is 0 Å². The second kappa shape index (κ2) is 3.53. The van der Waals surface area contributed by atoms with Gasteiger partial charge in [-0.3, -0.25) is 0 Å². The molecule has 1 aromatic heterocycles. The minimum absolute atomic E-state index is 0.186. The molecule has 0 saturated carbocycles. The topological polar surface area (TPSA) is 75.1 Å². The molecule has 0 radical (unpaired) electrons. The normalized spacial score (nSPS) is 10.2. The molecule has 2 rings (SSSR count). The Morgan fingerprint density at radius 2 is 2.27 bits per heavy atom. The third-order valence-corrected chi connectivity index (χ3v) is 2.06. The number of hydrogen-bond acceptors (Lipinski definition) is 4. The van der Waals surface area contributed by atoms with Gasteiger partial charge in [-0.05, 0) is 6.07 Å². The van der Waals surface area contributed by atoms with Gasteiger partial charge in [0.2, 0.25) is 5.95 Å². The number of nitrogens with zero attached hydrogens (tertiary/aromatic N) is 2. The van der Waals surface area contributed by atoms with E-state index in [1.54, 1.807) is 25.4 Å². The Bertz CT molecular complexity index is 525. The molecule has 0 aliphatic heterocycles. The van der Waals surface area contributed by atoms with Gasteiger partial charge in [0.1, 0.15) is 0 Å². The molecule has 0 saturated heterocycles. The van der Waals surface area contributed by atoms with E-state index in [0.29, 0.717) is 16.9 Å². The molecular weight excluding hydrogens is 194 g/mol. The van der Waals surface area contributed by atoms with E-state index >= 15 is 0 Å². The summed E-state index contributed by atoms with van der Waals surface area (Å²) in [5.41, 5.74) is 0.635. The second-order valence-electron chi connectivity index (χ2n) is 2.99. The summed E-state index contributed by atoms with van der Waals surface area (Å²) in [7, 11) is 1.69. The summed E-state index contributed by atoms with van der Waals surface area (Å²) >= 11 is 0. The molecule has 0 spiro atoms. The van der Waals surface area contributed by atoms with Gasteiger partial charge >= 0.3 is 5.97 Å². The van der Waals surface area contributed by atoms with Crippen molar-refractivity contribution < 1.29 is 9.90 Å². The van der Waals surface area contributed by atoms with Crippen LogP contribution in [0.3, 0.4) is 0 Å². The van der Waals surface area contributed by atoms with E-state index in [4.69, 9.17) is 5.11 Å². The van der Waals surface area contributed by atoms with Crippen LogP contribution in [0.2, 0.25) is 0 Å². The zero-order chi connectivity index (χ0) is 10.8. The molecule has 15 heavy (non-hydrogen) atoms. The number of rotatable bonds is 2. The fourth-order valence-electron chi connectivity index (χ4n) is 1.35. The Labute approximate surface area is 85.8 Å². The molecule has 0 amide bonds. The van der Waals surface area contributed by atoms with Crippen LogP contribution in [0.1, 0.15) is 10.4 Å². The van der Waals surface area contributed by atoms with Gasteiger partial charge in [0.05, 0.1) is 11.1 Å². The molecule has 0 fully saturated rings. The number of carboxylic acid groups (broad SMARTS) is 1. The summed E-state index contributed by atoms with van der Waals surface area (Å²) < 4.78 is 0. The highest BCUT2D eigenvalue weighted by Crippen LogP contribution is 2.17. The lowest BCUT2D eigenvalue weighted by Gasteiger charge is -2.03. The van der Waals surface area contributed by atoms with Gasteiger partial charge in [-0.25, -0.2) is 14.8 Å². The van der Waals surface area contributed by atoms with Crippen molar-refractivity contribution in [1.29, 1.82) is 0 Å². The Hall–Kier alpha value is -2.17. The standard InChI is InChI=1S/C10H9N3O2/c1-11-10-12-5-6-3-2-4-7(9(14)15)8(6)13-10/h2-5H,1H3,(H,14,15)(H,11,12,13). The molecule has 0 atom stereocenters. The van der Waals surface area contributed by atoms with Crippen molar-refractivity contribution >= 4 is 22.8 Å². The molecule has 1 aromatic carbocycles. The number of benzene rings is 1. The van der Waals surface area contributed by atoms with Gasteiger partial charge in [-0.1, -0.05) is 12.1 Å². The SMILES string of the molecule is CNc1ncc2cccc(C(=O)O)c2n1. The number of carboxylic acids is 1. The van der Waals surface area contributed by atoms with Gasteiger partial charge < -0.3 is 10.4 Å². The van der Waals surface area contributed by atoms with Crippen molar-refractivity contribution in [1.82, 2.24) is 9.97 Å². The largest absolute Gasteiger partial charge is 0.478 e. The second-order valence-corrected chi connectivity index (χ2v) is 2.99. The predicted molar refractivity (Wildman–Crippen MR) is 56.0 cm³/mol. The fourth-order valence-corrected chi connectivity index (χ4v) is 1.35. The highest BCUT2D eigenvalue weighted by atomic mass is 16.4. The lowest BCUT2D eigenvalue weighted by atomic mass is 10.1. The summed E-state index contributed by atoms with van der Waals surface area (Å²) in [4.78, 5) is 19.1. The first kappa shape index (κ1) is 9.39. The molecule has 0 unspecified atom stereocenters. The van der Waals surface area contributed by atoms with E-state index in [2.05, 4.69) is 15.3 Å². The van der Waals surface area contributed by atoms with E-state index in [9.17, 15) is 4.79 Å². The van der Waals surface area contributed by atoms with E-state index in [0.717, 1.165) is 0 Å². The minimum Gasteiger partial charge on any atom is -0.478 e. The van der Waals surface area contributed by atoms with Crippen LogP contribution >= 0.6 is 0 Å². The molecule has 76 valence electrons. The van der Waals surface area contributed by atoms with Gasteiger partial charge in [0, 0.05) is 18.6 Å². The lowest BCUT2D eigenvalue weighted by molar-refractivity contribution is 0.0699. The zero-order valence-corrected chi connectivity index (χ0v) is 8.06. The van der Waals surface area contributed by atoms with Crippen LogP contribution in [-0.4, -0.2) is 28.1 Å². The summed E-state index contributed by atoms with van der Waals surface area (Å²) in [6.45, 7) is 0. The molecule has 0 aliphatic rings. The number of para-hydroxylation sites is 1. The first-order chi connectivity index (χ1) is 7.22. The highest BCUT2D eigenvalue weighted by molar-refractivity contribution is 6.01. The lowest BCUT2D eigenvalue weighted by Crippen LogP contribution is -2.02. The third kappa shape index (κ3) is 1.59. The van der Waals surface area contributed by atoms with Gasteiger partial charge in [0.15, 0.2) is 0 Å². The van der Waals surface area contributed by atoms with Crippen LogP contribution in [0.4, 0.5) is 5.95 Å². The number of aromatic nitrogens is 2. The van der Waals surface area contributed by atoms with Gasteiger partial charge in [0.25, 0.3) is 0 Å². The van der Waals surface area contributed by atoms with Crippen LogP contribution in [0.15, 0.2) is 24.4 Å². The average molecular weight is 203 g/mol. The maximum atomic E-state index is 10.9. The summed E-state index contributed by atoms with van der Waals surface area (Å²) in [5.74, 6) is -0.572. The van der Waals surface area contributed by atoms with E-state index < -0.39 is 5.97 Å². The Kier molecular flexibility index (Phi) is 2.21. The number of fused-ring (bicyclic) bond motifs is 1. The summed E-state index contributed by atoms with van der Waals surface area (Å²) in [6, 6.07) is 4.98. The number of aromatic carboxylic acids is 1. The van der Waals surface area contributed by atoms with Crippen LogP contribution in [0.25, 0.3) is 10.9 Å². The van der Waals surface area contributed by atoms with Crippen LogP contribution in [-0.2, 0) is 0 Å². The molecule has 5 heteroatoms. The Morgan fingerprint density at radius 1 is 1.47 bits per heavy atom. The van der Waals surface area contributed by atoms with Gasteiger partial charge in [-0.15, -0.1) is 0 Å². The number of anilines is 1. The average Bonchev–Trinajstić information content (AvgIpc) is 2.27. The molecule has 1 heterocycles. The zero-order valence-electron chi connectivity index (χ0n) is 8.06. The van der Waals surface area contributed by atoms with Gasteiger partial charge in [-0.2, -0.15) is 0 Å². The van der Waals surface area contributed by atoms with Crippen molar-refractivity contribution in [2.75, 3.05) is 12.4 Å². The quantitative estimate of drug-likeness (QED) is 0.770. The third-order valence-electron chi connectivity index (χ3n) is 2.06. The summed E-state index contributed by atoms with van der Waals surface area (Å²) in [5, 5.41) is 12.5. The molecule has 0 bridgehead atoms. The predicted octanol–water partition coefficient (Wildman–Crippen LogP) is 1.37. The molecule has 2 N–H and O–H groups in total. The minimum atomic E-state index is -0.985. The molecule has 2 aromatic rings. The van der Waals surface area contributed by atoms with Crippen molar-refractivity contribution in [2.24, 2.45) is 0 Å².